The molecule has 0 atom stereocenters. The zero-order chi connectivity index (χ0) is 18.6. The largest absolute Gasteiger partial charge is 0.486 e. The van der Waals surface area contributed by atoms with Crippen molar-refractivity contribution in [3.05, 3.63) is 77.3 Å². The lowest BCUT2D eigenvalue weighted by molar-refractivity contribution is -0.115. The van der Waals surface area contributed by atoms with Gasteiger partial charge in [0.05, 0.1) is 17.1 Å². The highest BCUT2D eigenvalue weighted by Crippen LogP contribution is 2.38. The first-order valence-corrected chi connectivity index (χ1v) is 9.10. The molecule has 5 heteroatoms. The van der Waals surface area contributed by atoms with E-state index in [1.807, 2.05) is 42.5 Å². The highest BCUT2D eigenvalue weighted by atomic mass is 35.5. The highest BCUT2D eigenvalue weighted by molar-refractivity contribution is 6.34. The summed E-state index contributed by atoms with van der Waals surface area (Å²) in [5, 5.41) is 3.27. The Balaban J connectivity index is 1.44. The van der Waals surface area contributed by atoms with E-state index >= 15 is 0 Å². The molecule has 0 bridgehead atoms. The van der Waals surface area contributed by atoms with Crippen LogP contribution in [-0.2, 0) is 11.2 Å². The Labute approximate surface area is 162 Å². The maximum absolute atomic E-state index is 12.4. The molecule has 3 aromatic rings. The molecule has 0 aliphatic carbocycles. The zero-order valence-electron chi connectivity index (χ0n) is 14.6. The van der Waals surface area contributed by atoms with Gasteiger partial charge in [-0.05, 0) is 16.7 Å². The quantitative estimate of drug-likeness (QED) is 0.697. The lowest BCUT2D eigenvalue weighted by Crippen LogP contribution is -2.17. The number of carbonyl (C=O) groups excluding carboxylic acids is 1. The summed E-state index contributed by atoms with van der Waals surface area (Å²) in [6.07, 6.45) is 0.264. The molecule has 3 aromatic carbocycles. The van der Waals surface area contributed by atoms with E-state index in [0.717, 1.165) is 16.7 Å². The topological polar surface area (TPSA) is 47.6 Å². The van der Waals surface area contributed by atoms with Crippen molar-refractivity contribution in [3.8, 4) is 22.6 Å². The van der Waals surface area contributed by atoms with Crippen LogP contribution in [0.4, 0.5) is 5.69 Å². The van der Waals surface area contributed by atoms with Crippen LogP contribution < -0.4 is 14.8 Å². The summed E-state index contributed by atoms with van der Waals surface area (Å²) in [5.41, 5.74) is 3.72. The lowest BCUT2D eigenvalue weighted by Gasteiger charge is -2.20. The SMILES string of the molecule is O=C(Cc1ccc(-c2ccccc2)cc1)Nc1cc2c(cc1Cl)OCCO2. The number of fused-ring (bicyclic) bond motifs is 1. The van der Waals surface area contributed by atoms with E-state index in [1.54, 1.807) is 12.1 Å². The third-order valence-electron chi connectivity index (χ3n) is 4.33. The number of halogens is 1. The van der Waals surface area contributed by atoms with Gasteiger partial charge >= 0.3 is 0 Å². The summed E-state index contributed by atoms with van der Waals surface area (Å²) < 4.78 is 11.0. The van der Waals surface area contributed by atoms with Crippen LogP contribution in [0.1, 0.15) is 5.56 Å². The first-order chi connectivity index (χ1) is 13.2. The smallest absolute Gasteiger partial charge is 0.228 e. The van der Waals surface area contributed by atoms with Crippen molar-refractivity contribution >= 4 is 23.2 Å². The van der Waals surface area contributed by atoms with E-state index in [1.165, 1.54) is 0 Å². The fourth-order valence-electron chi connectivity index (χ4n) is 2.99. The fourth-order valence-corrected chi connectivity index (χ4v) is 3.19. The first-order valence-electron chi connectivity index (χ1n) is 8.72. The first kappa shape index (κ1) is 17.4. The van der Waals surface area contributed by atoms with E-state index in [4.69, 9.17) is 21.1 Å². The Bertz CT molecular complexity index is 955. The molecule has 4 rings (SSSR count). The van der Waals surface area contributed by atoms with Gasteiger partial charge in [0.2, 0.25) is 5.91 Å². The third kappa shape index (κ3) is 4.07. The number of nitrogens with one attached hydrogen (secondary N) is 1. The van der Waals surface area contributed by atoms with E-state index in [-0.39, 0.29) is 12.3 Å². The van der Waals surface area contributed by atoms with Crippen molar-refractivity contribution in [1.29, 1.82) is 0 Å². The minimum atomic E-state index is -0.138. The van der Waals surface area contributed by atoms with Gasteiger partial charge < -0.3 is 14.8 Å². The van der Waals surface area contributed by atoms with Gasteiger partial charge in [0.15, 0.2) is 11.5 Å². The Morgan fingerprint density at radius 3 is 2.22 bits per heavy atom. The lowest BCUT2D eigenvalue weighted by atomic mass is 10.0. The summed E-state index contributed by atoms with van der Waals surface area (Å²) >= 11 is 6.25. The van der Waals surface area contributed by atoms with Crippen molar-refractivity contribution in [2.45, 2.75) is 6.42 Å². The minimum Gasteiger partial charge on any atom is -0.486 e. The van der Waals surface area contributed by atoms with Gasteiger partial charge in [-0.1, -0.05) is 66.2 Å². The summed E-state index contributed by atoms with van der Waals surface area (Å²) in [4.78, 5) is 12.4. The summed E-state index contributed by atoms with van der Waals surface area (Å²) in [7, 11) is 0. The Kier molecular flexibility index (Phi) is 4.99. The normalized spacial score (nSPS) is 12.5. The summed E-state index contributed by atoms with van der Waals surface area (Å²) in [6.45, 7) is 0.976. The van der Waals surface area contributed by atoms with Gasteiger partial charge in [-0.3, -0.25) is 4.79 Å². The zero-order valence-corrected chi connectivity index (χ0v) is 15.3. The van der Waals surface area contributed by atoms with Gasteiger partial charge in [-0.25, -0.2) is 0 Å². The van der Waals surface area contributed by atoms with Crippen LogP contribution in [0.5, 0.6) is 11.5 Å². The van der Waals surface area contributed by atoms with E-state index in [0.29, 0.717) is 35.4 Å². The molecule has 1 heterocycles. The van der Waals surface area contributed by atoms with Crippen LogP contribution >= 0.6 is 11.6 Å². The third-order valence-corrected chi connectivity index (χ3v) is 4.64. The average Bonchev–Trinajstić information content (AvgIpc) is 2.70. The molecule has 136 valence electrons. The van der Waals surface area contributed by atoms with Gasteiger partial charge in [0.25, 0.3) is 0 Å². The predicted molar refractivity (Wildman–Crippen MR) is 107 cm³/mol. The van der Waals surface area contributed by atoms with Crippen LogP contribution in [0.15, 0.2) is 66.7 Å². The number of carbonyl (C=O) groups is 1. The van der Waals surface area contributed by atoms with Gasteiger partial charge in [-0.2, -0.15) is 0 Å². The van der Waals surface area contributed by atoms with Crippen LogP contribution in [0, 0.1) is 0 Å². The molecule has 1 aliphatic rings. The average molecular weight is 380 g/mol. The van der Waals surface area contributed by atoms with Crippen molar-refractivity contribution < 1.29 is 14.3 Å². The molecular weight excluding hydrogens is 362 g/mol. The molecule has 1 aliphatic heterocycles. The predicted octanol–water partition coefficient (Wildman–Crippen LogP) is 4.96. The Morgan fingerprint density at radius 2 is 1.52 bits per heavy atom. The highest BCUT2D eigenvalue weighted by Gasteiger charge is 2.16. The van der Waals surface area contributed by atoms with Gasteiger partial charge in [0.1, 0.15) is 13.2 Å². The second-order valence-corrected chi connectivity index (χ2v) is 6.67. The standard InChI is InChI=1S/C22H18ClNO3/c23-18-13-20-21(27-11-10-26-20)14-19(18)24-22(25)12-15-6-8-17(9-7-15)16-4-2-1-3-5-16/h1-9,13-14H,10-12H2,(H,24,25). The monoisotopic (exact) mass is 379 g/mol. The van der Waals surface area contributed by atoms with Crippen molar-refractivity contribution in [1.82, 2.24) is 0 Å². The minimum absolute atomic E-state index is 0.138. The molecule has 0 unspecified atom stereocenters. The second-order valence-electron chi connectivity index (χ2n) is 6.26. The summed E-state index contributed by atoms with van der Waals surface area (Å²) in [5.74, 6) is 1.05. The molecular formula is C22H18ClNO3. The van der Waals surface area contributed by atoms with Crippen molar-refractivity contribution in [3.63, 3.8) is 0 Å². The van der Waals surface area contributed by atoms with Crippen LogP contribution in [0.25, 0.3) is 11.1 Å². The number of anilines is 1. The van der Waals surface area contributed by atoms with Gasteiger partial charge in [0, 0.05) is 12.1 Å². The molecule has 0 saturated heterocycles. The maximum Gasteiger partial charge on any atom is 0.228 e. The van der Waals surface area contributed by atoms with Crippen molar-refractivity contribution in [2.75, 3.05) is 18.5 Å². The number of ether oxygens (including phenoxy) is 2. The molecule has 4 nitrogen and oxygen atoms in total. The van der Waals surface area contributed by atoms with Crippen molar-refractivity contribution in [2.24, 2.45) is 0 Å². The molecule has 0 fully saturated rings. The molecule has 0 saturated carbocycles. The maximum atomic E-state index is 12.4. The number of amides is 1. The number of rotatable bonds is 4. The van der Waals surface area contributed by atoms with Crippen LogP contribution in [-0.4, -0.2) is 19.1 Å². The molecule has 0 spiro atoms. The van der Waals surface area contributed by atoms with Crippen LogP contribution in [0.2, 0.25) is 5.02 Å². The molecule has 27 heavy (non-hydrogen) atoms. The molecule has 1 amide bonds. The van der Waals surface area contributed by atoms with Gasteiger partial charge in [-0.15, -0.1) is 0 Å². The number of benzene rings is 3. The fraction of sp³-hybridized carbons (Fsp3) is 0.136. The molecule has 1 N–H and O–H groups in total. The second kappa shape index (κ2) is 7.72. The molecule has 0 radical (unpaired) electrons. The van der Waals surface area contributed by atoms with Crippen LogP contribution in [0.3, 0.4) is 0 Å². The summed E-state index contributed by atoms with van der Waals surface area (Å²) in [6, 6.07) is 21.5. The number of hydrogen-bond donors (Lipinski definition) is 1. The Morgan fingerprint density at radius 1 is 0.889 bits per heavy atom. The Hall–Kier alpha value is -2.98. The van der Waals surface area contributed by atoms with E-state index in [2.05, 4.69) is 17.4 Å². The van der Waals surface area contributed by atoms with E-state index < -0.39 is 0 Å². The molecule has 0 aromatic heterocycles. The number of hydrogen-bond acceptors (Lipinski definition) is 3. The van der Waals surface area contributed by atoms with E-state index in [9.17, 15) is 4.79 Å².